The molecule has 0 saturated carbocycles. The monoisotopic (exact) mass is 371 g/mol. The highest BCUT2D eigenvalue weighted by Gasteiger charge is 2.36. The van der Waals surface area contributed by atoms with Crippen LogP contribution < -0.4 is 14.4 Å². The summed E-state index contributed by atoms with van der Waals surface area (Å²) in [7, 11) is 0. The molecule has 2 aromatic rings. The van der Waals surface area contributed by atoms with Crippen LogP contribution >= 0.6 is 0 Å². The van der Waals surface area contributed by atoms with Crippen LogP contribution in [0.1, 0.15) is 25.3 Å². The smallest absolute Gasteiger partial charge is 0.366 e. The van der Waals surface area contributed by atoms with Crippen LogP contribution in [0.5, 0.6) is 11.5 Å². The number of carbonyl (C=O) groups excluding carboxylic acids is 1. The number of pyridine rings is 1. The summed E-state index contributed by atoms with van der Waals surface area (Å²) < 4.78 is 11.2. The number of hydrogen-bond acceptors (Lipinski definition) is 6. The minimum atomic E-state index is -0.649. The Kier molecular flexibility index (Phi) is 5.54. The van der Waals surface area contributed by atoms with Gasteiger partial charge in [-0.05, 0) is 54.8 Å². The summed E-state index contributed by atoms with van der Waals surface area (Å²) in [5.74, 6) is 0.817. The van der Waals surface area contributed by atoms with Crippen molar-refractivity contribution in [2.45, 2.75) is 32.8 Å². The van der Waals surface area contributed by atoms with Gasteiger partial charge in [0.15, 0.2) is 11.9 Å². The van der Waals surface area contributed by atoms with Gasteiger partial charge in [-0.25, -0.2) is 0 Å². The molecular formula is C19H21N3O5. The van der Waals surface area contributed by atoms with E-state index in [0.29, 0.717) is 25.3 Å². The minimum Gasteiger partial charge on any atom is -0.494 e. The van der Waals surface area contributed by atoms with Gasteiger partial charge in [-0.15, -0.1) is 0 Å². The predicted molar refractivity (Wildman–Crippen MR) is 99.2 cm³/mol. The van der Waals surface area contributed by atoms with Crippen LogP contribution in [0.2, 0.25) is 0 Å². The molecule has 1 aliphatic heterocycles. The molecule has 2 heterocycles. The summed E-state index contributed by atoms with van der Waals surface area (Å²) in [6.07, 6.45) is 0.759. The van der Waals surface area contributed by atoms with Gasteiger partial charge in [0.25, 0.3) is 11.7 Å². The number of benzene rings is 1. The van der Waals surface area contributed by atoms with E-state index in [0.717, 1.165) is 12.2 Å². The van der Waals surface area contributed by atoms with Crippen molar-refractivity contribution in [3.05, 3.63) is 52.1 Å². The third kappa shape index (κ3) is 4.33. The number of unbranched alkanes of at least 4 members (excludes halogenated alkanes) is 1. The molecule has 1 unspecified atom stereocenters. The Hall–Kier alpha value is -3.16. The van der Waals surface area contributed by atoms with Crippen LogP contribution in [0.3, 0.4) is 0 Å². The first-order valence-corrected chi connectivity index (χ1v) is 8.78. The SMILES string of the molecule is Cc1ccc(OCCCCN2C(=O)C(C)Oc3ccc([N+](=O)[O-])nc32)cc1. The summed E-state index contributed by atoms with van der Waals surface area (Å²) in [5, 5.41) is 11.0. The average Bonchev–Trinajstić information content (AvgIpc) is 2.65. The number of anilines is 1. The molecule has 0 radical (unpaired) electrons. The average molecular weight is 371 g/mol. The second-order valence-electron chi connectivity index (χ2n) is 6.37. The van der Waals surface area contributed by atoms with Gasteiger partial charge in [-0.3, -0.25) is 9.69 Å². The van der Waals surface area contributed by atoms with Crippen molar-refractivity contribution < 1.29 is 19.2 Å². The molecule has 1 aromatic heterocycles. The summed E-state index contributed by atoms with van der Waals surface area (Å²) in [5.41, 5.74) is 1.17. The number of carbonyl (C=O) groups is 1. The number of nitrogens with zero attached hydrogens (tertiary/aromatic N) is 3. The molecule has 3 rings (SSSR count). The van der Waals surface area contributed by atoms with E-state index < -0.39 is 11.0 Å². The zero-order valence-electron chi connectivity index (χ0n) is 15.3. The molecule has 1 atom stereocenters. The van der Waals surface area contributed by atoms with Crippen LogP contribution in [0, 0.1) is 17.0 Å². The lowest BCUT2D eigenvalue weighted by atomic mass is 10.2. The molecule has 0 bridgehead atoms. The number of fused-ring (bicyclic) bond motifs is 1. The zero-order chi connectivity index (χ0) is 19.4. The van der Waals surface area contributed by atoms with Gasteiger partial charge >= 0.3 is 5.82 Å². The third-order valence-electron chi connectivity index (χ3n) is 4.25. The summed E-state index contributed by atoms with van der Waals surface area (Å²) in [4.78, 5) is 28.3. The maximum atomic E-state index is 12.4. The minimum absolute atomic E-state index is 0.201. The molecule has 0 saturated heterocycles. The lowest BCUT2D eigenvalue weighted by molar-refractivity contribution is -0.389. The van der Waals surface area contributed by atoms with Crippen molar-refractivity contribution in [3.8, 4) is 11.5 Å². The molecule has 1 aromatic carbocycles. The van der Waals surface area contributed by atoms with E-state index in [1.54, 1.807) is 6.92 Å². The van der Waals surface area contributed by atoms with Gasteiger partial charge < -0.3 is 19.6 Å². The molecule has 27 heavy (non-hydrogen) atoms. The highest BCUT2D eigenvalue weighted by atomic mass is 16.6. The third-order valence-corrected chi connectivity index (χ3v) is 4.25. The Morgan fingerprint density at radius 3 is 2.67 bits per heavy atom. The van der Waals surface area contributed by atoms with Gasteiger partial charge in [0.05, 0.1) is 6.61 Å². The normalized spacial score (nSPS) is 15.9. The molecule has 0 aliphatic carbocycles. The first-order valence-electron chi connectivity index (χ1n) is 8.78. The number of aryl methyl sites for hydroxylation is 1. The summed E-state index contributed by atoms with van der Waals surface area (Å²) in [6, 6.07) is 10.6. The largest absolute Gasteiger partial charge is 0.494 e. The number of nitro groups is 1. The Bertz CT molecular complexity index is 838. The maximum absolute atomic E-state index is 12.4. The van der Waals surface area contributed by atoms with Gasteiger partial charge in [-0.1, -0.05) is 17.7 Å². The summed E-state index contributed by atoms with van der Waals surface area (Å²) >= 11 is 0. The van der Waals surface area contributed by atoms with E-state index in [-0.39, 0.29) is 17.5 Å². The number of hydrogen-bond donors (Lipinski definition) is 0. The molecule has 142 valence electrons. The fourth-order valence-corrected chi connectivity index (χ4v) is 2.79. The highest BCUT2D eigenvalue weighted by molar-refractivity contribution is 5.98. The van der Waals surface area contributed by atoms with E-state index >= 15 is 0 Å². The van der Waals surface area contributed by atoms with Crippen LogP contribution in [0.4, 0.5) is 11.6 Å². The van der Waals surface area contributed by atoms with Crippen LogP contribution in [0.15, 0.2) is 36.4 Å². The molecule has 8 nitrogen and oxygen atoms in total. The van der Waals surface area contributed by atoms with Crippen molar-refractivity contribution in [1.29, 1.82) is 0 Å². The van der Waals surface area contributed by atoms with E-state index in [4.69, 9.17) is 9.47 Å². The Labute approximate surface area is 156 Å². The second-order valence-corrected chi connectivity index (χ2v) is 6.37. The topological polar surface area (TPSA) is 94.8 Å². The van der Waals surface area contributed by atoms with Crippen molar-refractivity contribution in [2.24, 2.45) is 0 Å². The van der Waals surface area contributed by atoms with Gasteiger partial charge in [0.2, 0.25) is 0 Å². The standard InChI is InChI=1S/C19H21N3O5/c1-13-5-7-15(8-6-13)26-12-4-3-11-21-18-16(27-14(2)19(21)23)9-10-17(20-18)22(24)25/h5-10,14H,3-4,11-12H2,1-2H3. The van der Waals surface area contributed by atoms with Crippen molar-refractivity contribution >= 4 is 17.5 Å². The molecule has 0 N–H and O–H groups in total. The van der Waals surface area contributed by atoms with E-state index in [1.807, 2.05) is 31.2 Å². The van der Waals surface area contributed by atoms with Gasteiger partial charge in [0.1, 0.15) is 5.75 Å². The molecule has 8 heteroatoms. The van der Waals surface area contributed by atoms with E-state index in [1.165, 1.54) is 22.6 Å². The molecular weight excluding hydrogens is 350 g/mol. The molecule has 0 fully saturated rings. The lowest BCUT2D eigenvalue weighted by Crippen LogP contribution is -2.45. The predicted octanol–water partition coefficient (Wildman–Crippen LogP) is 3.27. The fourth-order valence-electron chi connectivity index (χ4n) is 2.79. The zero-order valence-corrected chi connectivity index (χ0v) is 15.3. The molecule has 0 spiro atoms. The summed E-state index contributed by atoms with van der Waals surface area (Å²) in [6.45, 7) is 4.58. The fraction of sp³-hybridized carbons (Fsp3) is 0.368. The Balaban J connectivity index is 1.60. The van der Waals surface area contributed by atoms with Crippen molar-refractivity contribution in [1.82, 2.24) is 4.98 Å². The quantitative estimate of drug-likeness (QED) is 0.421. The first-order chi connectivity index (χ1) is 13.0. The van der Waals surface area contributed by atoms with E-state index in [2.05, 4.69) is 4.98 Å². The highest BCUT2D eigenvalue weighted by Crippen LogP contribution is 2.34. The van der Waals surface area contributed by atoms with Crippen molar-refractivity contribution in [3.63, 3.8) is 0 Å². The van der Waals surface area contributed by atoms with Crippen molar-refractivity contribution in [2.75, 3.05) is 18.1 Å². The van der Waals surface area contributed by atoms with Crippen LogP contribution in [-0.2, 0) is 4.79 Å². The maximum Gasteiger partial charge on any atom is 0.366 e. The Morgan fingerprint density at radius 1 is 1.22 bits per heavy atom. The lowest BCUT2D eigenvalue weighted by Gasteiger charge is -2.29. The molecule has 1 amide bonds. The van der Waals surface area contributed by atoms with E-state index in [9.17, 15) is 14.9 Å². The number of rotatable bonds is 7. The Morgan fingerprint density at radius 2 is 1.96 bits per heavy atom. The van der Waals surface area contributed by atoms with Crippen LogP contribution in [-0.4, -0.2) is 35.1 Å². The number of ether oxygens (including phenoxy) is 2. The van der Waals surface area contributed by atoms with Gasteiger partial charge in [-0.2, -0.15) is 0 Å². The first kappa shape index (κ1) is 18.6. The number of amides is 1. The van der Waals surface area contributed by atoms with Gasteiger partial charge in [0, 0.05) is 12.6 Å². The second kappa shape index (κ2) is 8.03. The number of aromatic nitrogens is 1. The molecule has 1 aliphatic rings. The van der Waals surface area contributed by atoms with Crippen LogP contribution in [0.25, 0.3) is 0 Å².